The van der Waals surface area contributed by atoms with Crippen molar-refractivity contribution in [1.29, 1.82) is 0 Å². The number of benzene rings is 2. The molecule has 0 aliphatic heterocycles. The van der Waals surface area contributed by atoms with E-state index in [4.69, 9.17) is 17.0 Å². The zero-order valence-electron chi connectivity index (χ0n) is 12.5. The summed E-state index contributed by atoms with van der Waals surface area (Å²) in [5.74, 6) is -1.08. The van der Waals surface area contributed by atoms with Gasteiger partial charge in [-0.25, -0.2) is 0 Å². The second-order valence-corrected chi connectivity index (χ2v) is 5.69. The van der Waals surface area contributed by atoms with E-state index in [9.17, 15) is 15.0 Å². The average molecular weight is 330 g/mol. The third-order valence-electron chi connectivity index (χ3n) is 3.52. The zero-order chi connectivity index (χ0) is 16.7. The van der Waals surface area contributed by atoms with Crippen LogP contribution in [0.15, 0.2) is 60.7 Å². The number of rotatable bonds is 8. The van der Waals surface area contributed by atoms with Gasteiger partial charge in [-0.3, -0.25) is 4.79 Å². The molecule has 2 N–H and O–H groups in total. The van der Waals surface area contributed by atoms with Gasteiger partial charge < -0.3 is 14.9 Å². The molecule has 2 rings (SSSR count). The largest absolute Gasteiger partial charge is 0.500 e. The maximum absolute atomic E-state index is 11.3. The molecule has 0 amide bonds. The van der Waals surface area contributed by atoms with Crippen molar-refractivity contribution in [3.05, 3.63) is 71.8 Å². The lowest BCUT2D eigenvalue weighted by Gasteiger charge is -2.30. The van der Waals surface area contributed by atoms with Gasteiger partial charge in [-0.05, 0) is 23.3 Å². The summed E-state index contributed by atoms with van der Waals surface area (Å²) in [7, 11) is 0. The normalized spacial score (nSPS) is 13.2. The highest BCUT2D eigenvalue weighted by Crippen LogP contribution is 2.25. The fourth-order valence-electron chi connectivity index (χ4n) is 2.34. The molecule has 5 heteroatoms. The minimum absolute atomic E-state index is 0.168. The van der Waals surface area contributed by atoms with Gasteiger partial charge in [-0.2, -0.15) is 0 Å². The summed E-state index contributed by atoms with van der Waals surface area (Å²) >= 11 is 4.93. The molecule has 0 aliphatic rings. The molecule has 0 fully saturated rings. The Morgan fingerprint density at radius 3 is 1.96 bits per heavy atom. The van der Waals surface area contributed by atoms with Crippen LogP contribution in [-0.2, 0) is 22.6 Å². The number of hydrogen-bond acceptors (Lipinski definition) is 3. The van der Waals surface area contributed by atoms with Gasteiger partial charge in [-0.15, -0.1) is 0 Å². The minimum atomic E-state index is -1.43. The Hall–Kier alpha value is -2.24. The smallest absolute Gasteiger partial charge is 0.306 e. The van der Waals surface area contributed by atoms with Crippen LogP contribution in [0.4, 0.5) is 0 Å². The van der Waals surface area contributed by atoms with Crippen LogP contribution in [0.3, 0.4) is 0 Å². The van der Waals surface area contributed by atoms with Gasteiger partial charge in [0.05, 0.1) is 13.0 Å². The molecule has 0 heterocycles. The van der Waals surface area contributed by atoms with Gasteiger partial charge in [0.1, 0.15) is 0 Å². The summed E-state index contributed by atoms with van der Waals surface area (Å²) in [6, 6.07) is 18.6. The molecule has 0 saturated carbocycles. The van der Waals surface area contributed by atoms with E-state index in [2.05, 4.69) is 0 Å². The maximum Gasteiger partial charge on any atom is 0.306 e. The Morgan fingerprint density at radius 2 is 1.48 bits per heavy atom. The number of thiocarbonyl (C=S) groups is 1. The molecule has 120 valence electrons. The highest BCUT2D eigenvalue weighted by atomic mass is 32.1. The number of carboxylic acid groups (broad SMARTS) is 1. The van der Waals surface area contributed by atoms with E-state index in [1.165, 1.54) is 0 Å². The molecule has 4 nitrogen and oxygen atoms in total. The second-order valence-electron chi connectivity index (χ2n) is 5.31. The van der Waals surface area contributed by atoms with Crippen molar-refractivity contribution in [2.45, 2.75) is 25.0 Å². The van der Waals surface area contributed by atoms with Crippen molar-refractivity contribution >= 4 is 23.2 Å². The first-order chi connectivity index (χ1) is 11.0. The summed E-state index contributed by atoms with van der Waals surface area (Å²) in [5, 5.41) is 18.8. The molecule has 1 atom stereocenters. The first kappa shape index (κ1) is 17.1. The van der Waals surface area contributed by atoms with Crippen LogP contribution in [-0.4, -0.2) is 26.8 Å². The molecule has 0 bridgehead atoms. The lowest BCUT2D eigenvalue weighted by Crippen LogP contribution is -2.44. The van der Waals surface area contributed by atoms with Gasteiger partial charge in [0.15, 0.2) is 10.7 Å². The summed E-state index contributed by atoms with van der Waals surface area (Å²) in [6.07, 6.45) is -0.202. The second kappa shape index (κ2) is 7.85. The molecule has 1 unspecified atom stereocenters. The van der Waals surface area contributed by atoms with Crippen molar-refractivity contribution in [1.82, 2.24) is 0 Å². The Labute approximate surface area is 140 Å². The van der Waals surface area contributed by atoms with E-state index in [0.717, 1.165) is 11.1 Å². The first-order valence-corrected chi connectivity index (χ1v) is 7.60. The van der Waals surface area contributed by atoms with Crippen molar-refractivity contribution < 1.29 is 19.7 Å². The summed E-state index contributed by atoms with van der Waals surface area (Å²) in [5.41, 5.74) is 0.294. The Bertz CT molecular complexity index is 657. The van der Waals surface area contributed by atoms with Crippen LogP contribution in [0, 0.1) is 0 Å². The Morgan fingerprint density at radius 1 is 0.957 bits per heavy atom. The standard InChI is InChI=1S/C18H18O4S/c19-16(20)12-18(17(21)23,11-14-7-3-1-4-8-14)22-13-15-9-5-2-6-10-15/h1-10H,11-13H2,(H,19,20)(H,21,23). The fourth-order valence-corrected chi connectivity index (χ4v) is 2.55. The van der Waals surface area contributed by atoms with Crippen molar-refractivity contribution in [2.75, 3.05) is 0 Å². The maximum atomic E-state index is 11.3. The molecule has 2 aromatic carbocycles. The Kier molecular flexibility index (Phi) is 5.84. The molecule has 2 aromatic rings. The van der Waals surface area contributed by atoms with Gasteiger partial charge in [-0.1, -0.05) is 60.7 Å². The van der Waals surface area contributed by atoms with Crippen molar-refractivity contribution in [3.8, 4) is 0 Å². The predicted octanol–water partition coefficient (Wildman–Crippen LogP) is 3.54. The third kappa shape index (κ3) is 4.87. The van der Waals surface area contributed by atoms with E-state index < -0.39 is 23.0 Å². The first-order valence-electron chi connectivity index (χ1n) is 7.19. The van der Waals surface area contributed by atoms with Crippen LogP contribution >= 0.6 is 12.2 Å². The highest BCUT2D eigenvalue weighted by molar-refractivity contribution is 7.80. The average Bonchev–Trinajstić information content (AvgIpc) is 2.54. The molecule has 0 saturated heterocycles. The van der Waals surface area contributed by atoms with Crippen LogP contribution in [0.2, 0.25) is 0 Å². The lowest BCUT2D eigenvalue weighted by molar-refractivity contribution is -0.143. The zero-order valence-corrected chi connectivity index (χ0v) is 13.3. The topological polar surface area (TPSA) is 66.8 Å². The van der Waals surface area contributed by atoms with E-state index in [1.54, 1.807) is 0 Å². The fraction of sp³-hybridized carbons (Fsp3) is 0.222. The SMILES string of the molecule is O=C(O)CC(Cc1ccccc1)(OCc1ccccc1)C(O)=S. The predicted molar refractivity (Wildman–Crippen MR) is 91.6 cm³/mol. The molecule has 23 heavy (non-hydrogen) atoms. The van der Waals surface area contributed by atoms with E-state index in [-0.39, 0.29) is 13.0 Å². The summed E-state index contributed by atoms with van der Waals surface area (Å²) < 4.78 is 5.82. The molecular formula is C18H18O4S. The molecule has 0 radical (unpaired) electrons. The van der Waals surface area contributed by atoms with Crippen molar-refractivity contribution in [2.24, 2.45) is 0 Å². The third-order valence-corrected chi connectivity index (χ3v) is 3.89. The van der Waals surface area contributed by atoms with Gasteiger partial charge in [0.25, 0.3) is 0 Å². The number of ether oxygens (including phenoxy) is 1. The van der Waals surface area contributed by atoms with Crippen LogP contribution in [0.5, 0.6) is 0 Å². The highest BCUT2D eigenvalue weighted by Gasteiger charge is 2.39. The summed E-state index contributed by atoms with van der Waals surface area (Å²) in [6.45, 7) is 0.168. The van der Waals surface area contributed by atoms with E-state index >= 15 is 0 Å². The minimum Gasteiger partial charge on any atom is -0.500 e. The number of aliphatic hydroxyl groups excluding tert-OH is 1. The Balaban J connectivity index is 2.25. The van der Waals surface area contributed by atoms with Crippen LogP contribution < -0.4 is 0 Å². The quantitative estimate of drug-likeness (QED) is 0.725. The summed E-state index contributed by atoms with van der Waals surface area (Å²) in [4.78, 5) is 11.3. The molecule has 0 aliphatic carbocycles. The van der Waals surface area contributed by atoms with E-state index in [0.29, 0.717) is 0 Å². The number of aliphatic carboxylic acids is 1. The lowest BCUT2D eigenvalue weighted by atomic mass is 9.91. The molecule has 0 spiro atoms. The van der Waals surface area contributed by atoms with Gasteiger partial charge in [0, 0.05) is 6.42 Å². The number of aliphatic hydroxyl groups is 1. The van der Waals surface area contributed by atoms with Gasteiger partial charge >= 0.3 is 5.97 Å². The number of carbonyl (C=O) groups is 1. The van der Waals surface area contributed by atoms with Crippen LogP contribution in [0.1, 0.15) is 17.5 Å². The molecule has 0 aromatic heterocycles. The van der Waals surface area contributed by atoms with Crippen LogP contribution in [0.25, 0.3) is 0 Å². The van der Waals surface area contributed by atoms with Crippen molar-refractivity contribution in [3.63, 3.8) is 0 Å². The van der Waals surface area contributed by atoms with E-state index in [1.807, 2.05) is 60.7 Å². The van der Waals surface area contributed by atoms with Gasteiger partial charge in [0.2, 0.25) is 0 Å². The monoisotopic (exact) mass is 330 g/mol. The number of carboxylic acids is 1. The molecular weight excluding hydrogens is 312 g/mol. The number of hydrogen-bond donors (Lipinski definition) is 2.